The number of hydrogen-bond acceptors (Lipinski definition) is 7. The highest BCUT2D eigenvalue weighted by Gasteiger charge is 2.09. The van der Waals surface area contributed by atoms with Gasteiger partial charge in [0.25, 0.3) is 0 Å². The van der Waals surface area contributed by atoms with E-state index in [0.717, 1.165) is 52.2 Å². The zero-order valence-electron chi connectivity index (χ0n) is 15.6. The van der Waals surface area contributed by atoms with Gasteiger partial charge in [-0.2, -0.15) is 4.98 Å². The summed E-state index contributed by atoms with van der Waals surface area (Å²) in [6.07, 6.45) is 2.77. The van der Waals surface area contributed by atoms with Crippen LogP contribution in [-0.4, -0.2) is 21.6 Å². The molecule has 28 heavy (non-hydrogen) atoms. The van der Waals surface area contributed by atoms with Crippen LogP contribution in [0.15, 0.2) is 48.5 Å². The van der Waals surface area contributed by atoms with Crippen LogP contribution in [0.1, 0.15) is 23.8 Å². The lowest BCUT2D eigenvalue weighted by atomic mass is 10.1. The van der Waals surface area contributed by atoms with Crippen molar-refractivity contribution in [2.45, 2.75) is 26.2 Å². The fourth-order valence-electron chi connectivity index (χ4n) is 2.93. The first-order valence-electron chi connectivity index (χ1n) is 9.35. The van der Waals surface area contributed by atoms with Gasteiger partial charge in [-0.3, -0.25) is 0 Å². The zero-order valence-corrected chi connectivity index (χ0v) is 17.2. The lowest BCUT2D eigenvalue weighted by Gasteiger charge is -2.06. The smallest absolute Gasteiger partial charge is 0.227 e. The van der Waals surface area contributed by atoms with Gasteiger partial charge in [0, 0.05) is 12.2 Å². The van der Waals surface area contributed by atoms with E-state index < -0.39 is 0 Å². The first-order chi connectivity index (χ1) is 13.7. The van der Waals surface area contributed by atoms with Crippen molar-refractivity contribution in [3.05, 3.63) is 59.0 Å². The van der Waals surface area contributed by atoms with Gasteiger partial charge in [-0.15, -0.1) is 0 Å². The van der Waals surface area contributed by atoms with Crippen molar-refractivity contribution in [3.8, 4) is 5.88 Å². The molecule has 7 heteroatoms. The number of rotatable bonds is 8. The number of hydrogen-bond donors (Lipinski definition) is 3. The van der Waals surface area contributed by atoms with Crippen molar-refractivity contribution < 1.29 is 5.11 Å². The number of aromatic nitrogens is 2. The van der Waals surface area contributed by atoms with E-state index >= 15 is 0 Å². The highest BCUT2D eigenvalue weighted by Crippen LogP contribution is 2.31. The highest BCUT2D eigenvalue weighted by atomic mass is 32.1. The molecule has 0 spiro atoms. The van der Waals surface area contributed by atoms with E-state index in [1.165, 1.54) is 21.6 Å². The number of aryl methyl sites for hydroxylation is 1. The second-order valence-corrected chi connectivity index (χ2v) is 8.62. The van der Waals surface area contributed by atoms with Crippen LogP contribution >= 0.6 is 22.7 Å². The number of nitrogens with one attached hydrogen (secondary N) is 2. The summed E-state index contributed by atoms with van der Waals surface area (Å²) in [6.45, 7) is 2.93. The van der Waals surface area contributed by atoms with Crippen LogP contribution in [0.3, 0.4) is 0 Å². The summed E-state index contributed by atoms with van der Waals surface area (Å²) in [5.74, 6) is 0.145. The maximum Gasteiger partial charge on any atom is 0.227 e. The lowest BCUT2D eigenvalue weighted by molar-refractivity contribution is 0.451. The van der Waals surface area contributed by atoms with Gasteiger partial charge in [0.2, 0.25) is 5.88 Å². The molecule has 2 heterocycles. The largest absolute Gasteiger partial charge is 0.492 e. The predicted octanol–water partition coefficient (Wildman–Crippen LogP) is 5.81. The summed E-state index contributed by atoms with van der Waals surface area (Å²) in [7, 11) is 0. The van der Waals surface area contributed by atoms with Gasteiger partial charge in [0.1, 0.15) is 0 Å². The minimum absolute atomic E-state index is 0.145. The molecule has 0 saturated carbocycles. The maximum atomic E-state index is 9.87. The third-order valence-corrected chi connectivity index (χ3v) is 6.36. The van der Waals surface area contributed by atoms with Gasteiger partial charge < -0.3 is 15.7 Å². The van der Waals surface area contributed by atoms with E-state index in [0.29, 0.717) is 0 Å². The van der Waals surface area contributed by atoms with E-state index in [2.05, 4.69) is 45.7 Å². The van der Waals surface area contributed by atoms with Gasteiger partial charge in [0.05, 0.1) is 15.1 Å². The Morgan fingerprint density at radius 2 is 1.75 bits per heavy atom. The van der Waals surface area contributed by atoms with E-state index in [-0.39, 0.29) is 5.88 Å². The second-order valence-electron chi connectivity index (χ2n) is 6.50. The molecule has 2 aromatic carbocycles. The minimum Gasteiger partial charge on any atom is -0.492 e. The monoisotopic (exact) mass is 410 g/mol. The fourth-order valence-corrected chi connectivity index (χ4v) is 4.80. The number of anilines is 3. The number of benzene rings is 2. The standard InChI is InChI=1S/C21H22N4OS2/c1-2-5-18-19(26)25-21(28-18)23-15-10-8-14(9-11-15)12-13-22-20-24-16-6-3-4-7-17(16)27-20/h3-4,6-11,26H,2,5,12-13H2,1H3,(H,22,24)(H,23,25). The van der Waals surface area contributed by atoms with Gasteiger partial charge in [-0.1, -0.05) is 60.3 Å². The molecule has 4 aromatic rings. The Morgan fingerprint density at radius 1 is 0.929 bits per heavy atom. The number of nitrogens with zero attached hydrogens (tertiary/aromatic N) is 2. The first kappa shape index (κ1) is 18.7. The molecule has 0 aliphatic rings. The molecule has 144 valence electrons. The van der Waals surface area contributed by atoms with Gasteiger partial charge in [0.15, 0.2) is 10.3 Å². The van der Waals surface area contributed by atoms with E-state index in [4.69, 9.17) is 0 Å². The molecule has 4 rings (SSSR count). The average Bonchev–Trinajstić information content (AvgIpc) is 3.26. The molecule has 0 aliphatic carbocycles. The predicted molar refractivity (Wildman–Crippen MR) is 119 cm³/mol. The maximum absolute atomic E-state index is 9.87. The third-order valence-electron chi connectivity index (χ3n) is 4.34. The van der Waals surface area contributed by atoms with Gasteiger partial charge in [-0.05, 0) is 42.7 Å². The fraction of sp³-hybridized carbons (Fsp3) is 0.238. The Labute approximate surface area is 172 Å². The molecule has 0 bridgehead atoms. The first-order valence-corrected chi connectivity index (χ1v) is 11.0. The molecule has 5 nitrogen and oxygen atoms in total. The Kier molecular flexibility index (Phi) is 5.73. The van der Waals surface area contributed by atoms with Crippen LogP contribution < -0.4 is 10.6 Å². The topological polar surface area (TPSA) is 70.1 Å². The quantitative estimate of drug-likeness (QED) is 0.342. The molecule has 0 aliphatic heterocycles. The molecule has 3 N–H and O–H groups in total. The molecule has 0 radical (unpaired) electrons. The number of thiazole rings is 2. The summed E-state index contributed by atoms with van der Waals surface area (Å²) in [4.78, 5) is 9.73. The highest BCUT2D eigenvalue weighted by molar-refractivity contribution is 7.22. The molecule has 0 fully saturated rings. The van der Waals surface area contributed by atoms with E-state index in [1.807, 2.05) is 30.3 Å². The van der Waals surface area contributed by atoms with Crippen LogP contribution in [0.2, 0.25) is 0 Å². The van der Waals surface area contributed by atoms with Gasteiger partial charge >= 0.3 is 0 Å². The van der Waals surface area contributed by atoms with Crippen molar-refractivity contribution in [3.63, 3.8) is 0 Å². The normalized spacial score (nSPS) is 11.0. The van der Waals surface area contributed by atoms with Crippen LogP contribution in [0.4, 0.5) is 16.0 Å². The van der Waals surface area contributed by atoms with Crippen molar-refractivity contribution in [2.75, 3.05) is 17.2 Å². The van der Waals surface area contributed by atoms with Crippen molar-refractivity contribution in [2.24, 2.45) is 0 Å². The lowest BCUT2D eigenvalue weighted by Crippen LogP contribution is -2.04. The van der Waals surface area contributed by atoms with Gasteiger partial charge in [-0.25, -0.2) is 4.98 Å². The van der Waals surface area contributed by atoms with Crippen LogP contribution in [-0.2, 0) is 12.8 Å². The molecule has 0 unspecified atom stereocenters. The summed E-state index contributed by atoms with van der Waals surface area (Å²) in [5, 5.41) is 18.2. The summed E-state index contributed by atoms with van der Waals surface area (Å²) < 4.78 is 1.20. The molecule has 0 amide bonds. The van der Waals surface area contributed by atoms with Crippen LogP contribution in [0.25, 0.3) is 10.2 Å². The molecule has 2 aromatic heterocycles. The van der Waals surface area contributed by atoms with Crippen molar-refractivity contribution in [1.29, 1.82) is 0 Å². The number of para-hydroxylation sites is 1. The Morgan fingerprint density at radius 3 is 2.54 bits per heavy atom. The zero-order chi connectivity index (χ0) is 19.3. The summed E-state index contributed by atoms with van der Waals surface area (Å²) in [6, 6.07) is 16.5. The average molecular weight is 411 g/mol. The van der Waals surface area contributed by atoms with E-state index in [1.54, 1.807) is 11.3 Å². The molecular formula is C21H22N4OS2. The van der Waals surface area contributed by atoms with E-state index in [9.17, 15) is 5.11 Å². The second kappa shape index (κ2) is 8.58. The Bertz CT molecular complexity index is 1020. The molecule has 0 atom stereocenters. The van der Waals surface area contributed by atoms with Crippen molar-refractivity contribution in [1.82, 2.24) is 9.97 Å². The Hall–Kier alpha value is -2.64. The van der Waals surface area contributed by atoms with Crippen molar-refractivity contribution >= 4 is 48.8 Å². The molecule has 0 saturated heterocycles. The molecular weight excluding hydrogens is 388 g/mol. The summed E-state index contributed by atoms with van der Waals surface area (Å²) >= 11 is 3.19. The van der Waals surface area contributed by atoms with Crippen LogP contribution in [0.5, 0.6) is 5.88 Å². The summed E-state index contributed by atoms with van der Waals surface area (Å²) in [5.41, 5.74) is 3.27. The minimum atomic E-state index is 0.145. The Balaban J connectivity index is 1.31. The van der Waals surface area contributed by atoms with Crippen LogP contribution in [0, 0.1) is 0 Å². The SMILES string of the molecule is CCCc1sc(Nc2ccc(CCNc3nc4ccccc4s3)cc2)nc1O. The number of fused-ring (bicyclic) bond motifs is 1. The third kappa shape index (κ3) is 4.43. The number of aromatic hydroxyl groups is 1.